The second-order valence-corrected chi connectivity index (χ2v) is 8.61. The Morgan fingerprint density at radius 1 is 1.08 bits per heavy atom. The fourth-order valence-corrected chi connectivity index (χ4v) is 3.97. The maximum atomic E-state index is 12.6. The second kappa shape index (κ2) is 11.9. The number of rotatable bonds is 12. The highest BCUT2D eigenvalue weighted by Gasteiger charge is 2.09. The van der Waals surface area contributed by atoms with Crippen molar-refractivity contribution < 1.29 is 14.7 Å². The molecular weight excluding hydrogens is 470 g/mol. The summed E-state index contributed by atoms with van der Waals surface area (Å²) in [5, 5.41) is 23.4. The van der Waals surface area contributed by atoms with Crippen LogP contribution < -0.4 is 16.4 Å². The first kappa shape index (κ1) is 25.5. The number of H-pyrrole nitrogens is 1. The Morgan fingerprint density at radius 2 is 1.89 bits per heavy atom. The minimum absolute atomic E-state index is 0.0167. The first-order chi connectivity index (χ1) is 17.9. The molecule has 2 aromatic carbocycles. The molecule has 0 fully saturated rings. The van der Waals surface area contributed by atoms with Crippen molar-refractivity contribution >= 4 is 28.6 Å². The van der Waals surface area contributed by atoms with Crippen molar-refractivity contribution in [2.45, 2.75) is 25.8 Å². The van der Waals surface area contributed by atoms with Gasteiger partial charge in [-0.05, 0) is 55.3 Å². The molecule has 190 valence electrons. The zero-order valence-electron chi connectivity index (χ0n) is 20.3. The highest BCUT2D eigenvalue weighted by atomic mass is 16.4. The van der Waals surface area contributed by atoms with Gasteiger partial charge in [-0.15, -0.1) is 0 Å². The predicted octanol–water partition coefficient (Wildman–Crippen LogP) is 2.84. The summed E-state index contributed by atoms with van der Waals surface area (Å²) in [6.07, 6.45) is 4.73. The summed E-state index contributed by atoms with van der Waals surface area (Å²) in [6, 6.07) is 15.0. The van der Waals surface area contributed by atoms with Gasteiger partial charge >= 0.3 is 5.97 Å². The predicted molar refractivity (Wildman–Crippen MR) is 141 cm³/mol. The largest absolute Gasteiger partial charge is 0.481 e. The molecule has 0 saturated heterocycles. The number of hydrogen-bond acceptors (Lipinski definition) is 6. The fourth-order valence-electron chi connectivity index (χ4n) is 3.97. The van der Waals surface area contributed by atoms with Crippen molar-refractivity contribution in [1.29, 1.82) is 5.41 Å². The molecule has 0 saturated carbocycles. The number of nitrogen functional groups attached to an aromatic ring is 1. The van der Waals surface area contributed by atoms with Crippen LogP contribution >= 0.6 is 0 Å². The van der Waals surface area contributed by atoms with Gasteiger partial charge in [0, 0.05) is 53.0 Å². The summed E-state index contributed by atoms with van der Waals surface area (Å²) in [5.74, 6) is -0.338. The monoisotopic (exact) mass is 499 g/mol. The Labute approximate surface area is 213 Å². The van der Waals surface area contributed by atoms with Crippen LogP contribution in [0.3, 0.4) is 0 Å². The number of aromatic nitrogens is 3. The van der Waals surface area contributed by atoms with Crippen molar-refractivity contribution in [2.24, 2.45) is 5.73 Å². The maximum Gasteiger partial charge on any atom is 0.303 e. The van der Waals surface area contributed by atoms with E-state index in [1.807, 2.05) is 36.4 Å². The first-order valence-corrected chi connectivity index (χ1v) is 12.0. The number of amidine groups is 1. The quantitative estimate of drug-likeness (QED) is 0.0988. The highest BCUT2D eigenvalue weighted by Crippen LogP contribution is 2.20. The summed E-state index contributed by atoms with van der Waals surface area (Å²) >= 11 is 0. The van der Waals surface area contributed by atoms with E-state index >= 15 is 0 Å². The van der Waals surface area contributed by atoms with E-state index < -0.39 is 5.97 Å². The lowest BCUT2D eigenvalue weighted by Crippen LogP contribution is -2.25. The lowest BCUT2D eigenvalue weighted by Gasteiger charge is -2.08. The van der Waals surface area contributed by atoms with E-state index in [1.54, 1.807) is 24.5 Å². The van der Waals surface area contributed by atoms with Gasteiger partial charge in [0.2, 0.25) is 0 Å². The highest BCUT2D eigenvalue weighted by molar-refractivity contribution is 6.07. The number of carboxylic acid groups (broad SMARTS) is 1. The molecule has 1 amide bonds. The van der Waals surface area contributed by atoms with Crippen LogP contribution in [-0.4, -0.2) is 50.9 Å². The molecule has 0 atom stereocenters. The number of aliphatic carboxylic acids is 1. The van der Waals surface area contributed by atoms with Gasteiger partial charge in [-0.3, -0.25) is 15.0 Å². The molecule has 0 spiro atoms. The molecule has 7 N–H and O–H groups in total. The number of benzene rings is 2. The molecule has 0 aliphatic carbocycles. The summed E-state index contributed by atoms with van der Waals surface area (Å²) in [6.45, 7) is 1.49. The third-order valence-corrected chi connectivity index (χ3v) is 5.91. The minimum atomic E-state index is -0.809. The van der Waals surface area contributed by atoms with E-state index in [0.717, 1.165) is 27.7 Å². The van der Waals surface area contributed by atoms with Gasteiger partial charge < -0.3 is 26.5 Å². The van der Waals surface area contributed by atoms with Crippen LogP contribution in [0.1, 0.15) is 40.2 Å². The molecule has 37 heavy (non-hydrogen) atoms. The summed E-state index contributed by atoms with van der Waals surface area (Å²) in [5.41, 5.74) is 10.4. The van der Waals surface area contributed by atoms with Crippen molar-refractivity contribution in [3.63, 3.8) is 0 Å². The van der Waals surface area contributed by atoms with Crippen molar-refractivity contribution in [1.82, 2.24) is 25.6 Å². The Morgan fingerprint density at radius 3 is 2.65 bits per heavy atom. The maximum absolute atomic E-state index is 12.6. The summed E-state index contributed by atoms with van der Waals surface area (Å²) < 4.78 is 0. The molecule has 0 bridgehead atoms. The number of amides is 1. The number of hydrogen-bond donors (Lipinski definition) is 6. The molecule has 2 heterocycles. The molecule has 0 unspecified atom stereocenters. The number of nitrogens with one attached hydrogen (secondary N) is 4. The molecule has 4 rings (SSSR count). The van der Waals surface area contributed by atoms with Gasteiger partial charge in [-0.2, -0.15) is 0 Å². The SMILES string of the molecule is N=C(N)c1c[nH]c2ccc(CCNC(=O)c3ccc(-c4ccnc(CNCCCC(=O)O)n4)cc3)cc12. The number of nitrogens with two attached hydrogens (primary N) is 1. The van der Waals surface area contributed by atoms with Gasteiger partial charge in [0.05, 0.1) is 12.2 Å². The van der Waals surface area contributed by atoms with E-state index in [1.165, 1.54) is 0 Å². The number of carbonyl (C=O) groups excluding carboxylic acids is 1. The van der Waals surface area contributed by atoms with Crippen molar-refractivity contribution in [3.8, 4) is 11.3 Å². The Balaban J connectivity index is 1.30. The van der Waals surface area contributed by atoms with E-state index in [-0.39, 0.29) is 18.2 Å². The Bertz CT molecular complexity index is 1410. The second-order valence-electron chi connectivity index (χ2n) is 8.61. The lowest BCUT2D eigenvalue weighted by molar-refractivity contribution is -0.137. The molecule has 0 aliphatic heterocycles. The van der Waals surface area contributed by atoms with Crippen LogP contribution in [0.15, 0.2) is 60.9 Å². The zero-order valence-corrected chi connectivity index (χ0v) is 20.3. The van der Waals surface area contributed by atoms with Gasteiger partial charge in [0.25, 0.3) is 5.91 Å². The molecule has 10 heteroatoms. The van der Waals surface area contributed by atoms with Crippen LogP contribution in [0, 0.1) is 5.41 Å². The van der Waals surface area contributed by atoms with E-state index in [0.29, 0.717) is 49.4 Å². The lowest BCUT2D eigenvalue weighted by atomic mass is 10.1. The molecule has 4 aromatic rings. The van der Waals surface area contributed by atoms with Crippen molar-refractivity contribution in [3.05, 3.63) is 83.4 Å². The number of fused-ring (bicyclic) bond motifs is 1. The number of aromatic amines is 1. The van der Waals surface area contributed by atoms with Crippen LogP contribution in [0.4, 0.5) is 0 Å². The standard InChI is InChI=1S/C27H29N7O3/c28-26(29)21-15-33-23-8-3-17(14-20(21)23)9-12-32-27(37)19-6-4-18(5-7-19)22-10-13-31-24(34-22)16-30-11-1-2-25(35)36/h3-8,10,13-15,30,33H,1-2,9,11-12,16H2,(H3,28,29)(H,32,37)(H,35,36). The minimum Gasteiger partial charge on any atom is -0.481 e. The van der Waals surface area contributed by atoms with E-state index in [9.17, 15) is 9.59 Å². The van der Waals surface area contributed by atoms with E-state index in [4.69, 9.17) is 16.2 Å². The van der Waals surface area contributed by atoms with Gasteiger partial charge in [-0.1, -0.05) is 18.2 Å². The Kier molecular flexibility index (Phi) is 8.22. The zero-order chi connectivity index (χ0) is 26.2. The third kappa shape index (κ3) is 6.77. The third-order valence-electron chi connectivity index (χ3n) is 5.91. The number of carboxylic acids is 1. The fraction of sp³-hybridized carbons (Fsp3) is 0.222. The van der Waals surface area contributed by atoms with Gasteiger partial charge in [0.15, 0.2) is 0 Å². The number of carbonyl (C=O) groups is 2. The normalized spacial score (nSPS) is 10.9. The van der Waals surface area contributed by atoms with Crippen LogP contribution in [0.25, 0.3) is 22.2 Å². The van der Waals surface area contributed by atoms with Crippen LogP contribution in [0.5, 0.6) is 0 Å². The molecule has 0 aliphatic rings. The molecule has 10 nitrogen and oxygen atoms in total. The summed E-state index contributed by atoms with van der Waals surface area (Å²) in [4.78, 5) is 35.1. The molecule has 2 aromatic heterocycles. The van der Waals surface area contributed by atoms with Crippen LogP contribution in [-0.2, 0) is 17.8 Å². The topological polar surface area (TPSA) is 170 Å². The average molecular weight is 500 g/mol. The first-order valence-electron chi connectivity index (χ1n) is 12.0. The average Bonchev–Trinajstić information content (AvgIpc) is 3.32. The smallest absolute Gasteiger partial charge is 0.303 e. The molecule has 0 radical (unpaired) electrons. The van der Waals surface area contributed by atoms with Gasteiger partial charge in [-0.25, -0.2) is 9.97 Å². The van der Waals surface area contributed by atoms with Crippen molar-refractivity contribution in [2.75, 3.05) is 13.1 Å². The van der Waals surface area contributed by atoms with Crippen LogP contribution in [0.2, 0.25) is 0 Å². The summed E-state index contributed by atoms with van der Waals surface area (Å²) in [7, 11) is 0. The van der Waals surface area contributed by atoms with E-state index in [2.05, 4.69) is 25.6 Å². The number of nitrogens with zero attached hydrogens (tertiary/aromatic N) is 2. The molecular formula is C27H29N7O3. The van der Waals surface area contributed by atoms with Gasteiger partial charge in [0.1, 0.15) is 11.7 Å². The Hall–Kier alpha value is -4.57.